The van der Waals surface area contributed by atoms with Crippen LogP contribution >= 0.6 is 0 Å². The lowest BCUT2D eigenvalue weighted by atomic mass is 9.89. The molecule has 1 N–H and O–H groups in total. The van der Waals surface area contributed by atoms with E-state index in [9.17, 15) is 4.79 Å². The highest BCUT2D eigenvalue weighted by Crippen LogP contribution is 2.21. The summed E-state index contributed by atoms with van der Waals surface area (Å²) in [5.41, 5.74) is 5.48. The quantitative estimate of drug-likeness (QED) is 0.797. The summed E-state index contributed by atoms with van der Waals surface area (Å²) < 4.78 is 0. The zero-order chi connectivity index (χ0) is 13.0. The van der Waals surface area contributed by atoms with Gasteiger partial charge in [0, 0.05) is 11.3 Å². The molecule has 3 heteroatoms. The first-order valence-electron chi connectivity index (χ1n) is 6.58. The van der Waals surface area contributed by atoms with E-state index >= 15 is 0 Å². The molecule has 2 rings (SSSR count). The highest BCUT2D eigenvalue weighted by molar-refractivity contribution is 5.96. The summed E-state index contributed by atoms with van der Waals surface area (Å²) in [4.78, 5) is 12.0. The van der Waals surface area contributed by atoms with Crippen LogP contribution in [-0.2, 0) is 0 Å². The molecule has 1 aromatic carbocycles. The Morgan fingerprint density at radius 3 is 2.89 bits per heavy atom. The monoisotopic (exact) mass is 244 g/mol. The molecule has 0 aromatic heterocycles. The van der Waals surface area contributed by atoms with Crippen molar-refractivity contribution in [3.8, 4) is 0 Å². The van der Waals surface area contributed by atoms with E-state index in [0.717, 1.165) is 24.1 Å². The van der Waals surface area contributed by atoms with Crippen molar-refractivity contribution in [2.45, 2.75) is 39.5 Å². The van der Waals surface area contributed by atoms with Gasteiger partial charge >= 0.3 is 0 Å². The number of carbonyl (C=O) groups is 1. The van der Waals surface area contributed by atoms with Crippen molar-refractivity contribution in [1.29, 1.82) is 0 Å². The van der Waals surface area contributed by atoms with Crippen molar-refractivity contribution in [2.75, 3.05) is 0 Å². The van der Waals surface area contributed by atoms with E-state index < -0.39 is 0 Å². The Balaban J connectivity index is 2.00. The Kier molecular flexibility index (Phi) is 4.13. The molecule has 1 saturated carbocycles. The maximum Gasteiger partial charge on any atom is 0.271 e. The molecule has 1 atom stereocenters. The zero-order valence-electron chi connectivity index (χ0n) is 11.1. The van der Waals surface area contributed by atoms with Crippen LogP contribution in [0.4, 0.5) is 0 Å². The van der Waals surface area contributed by atoms with Crippen molar-refractivity contribution >= 4 is 11.6 Å². The van der Waals surface area contributed by atoms with Crippen molar-refractivity contribution in [3.63, 3.8) is 0 Å². The first-order valence-corrected chi connectivity index (χ1v) is 6.58. The van der Waals surface area contributed by atoms with Crippen LogP contribution in [0.25, 0.3) is 0 Å². The average Bonchev–Trinajstić information content (AvgIpc) is 2.37. The van der Waals surface area contributed by atoms with Crippen LogP contribution in [-0.4, -0.2) is 11.6 Å². The third-order valence-corrected chi connectivity index (χ3v) is 3.45. The van der Waals surface area contributed by atoms with E-state index in [1.165, 1.54) is 12.8 Å². The first-order chi connectivity index (χ1) is 8.66. The largest absolute Gasteiger partial charge is 0.271 e. The number of nitrogens with zero attached hydrogens (tertiary/aromatic N) is 1. The van der Waals surface area contributed by atoms with Gasteiger partial charge < -0.3 is 0 Å². The van der Waals surface area contributed by atoms with Crippen LogP contribution in [0.3, 0.4) is 0 Å². The van der Waals surface area contributed by atoms with Crippen LogP contribution in [0.1, 0.15) is 48.5 Å². The molecule has 0 aliphatic heterocycles. The maximum absolute atomic E-state index is 12.0. The summed E-state index contributed by atoms with van der Waals surface area (Å²) in [5.74, 6) is 0.576. The molecule has 1 aliphatic rings. The smallest absolute Gasteiger partial charge is 0.267 e. The van der Waals surface area contributed by atoms with Gasteiger partial charge in [0.1, 0.15) is 0 Å². The number of hydrazone groups is 1. The number of nitrogens with one attached hydrogen (secondary N) is 1. The molecule has 1 amide bonds. The molecule has 0 saturated heterocycles. The third kappa shape index (κ3) is 3.19. The number of aryl methyl sites for hydroxylation is 1. The minimum Gasteiger partial charge on any atom is -0.267 e. The molecule has 96 valence electrons. The number of carbonyl (C=O) groups excluding carboxylic acids is 1. The lowest BCUT2D eigenvalue weighted by Gasteiger charge is -2.19. The standard InChI is InChI=1S/C15H20N2O/c1-11-6-5-8-13(10-11)16-17-15(18)14-9-4-3-7-12(14)2/h3-4,7,9,11H,5-6,8,10H2,1-2H3,(H,17,18). The van der Waals surface area contributed by atoms with Gasteiger partial charge in [-0.1, -0.05) is 25.1 Å². The van der Waals surface area contributed by atoms with Gasteiger partial charge in [-0.3, -0.25) is 4.79 Å². The van der Waals surface area contributed by atoms with Gasteiger partial charge in [-0.25, -0.2) is 5.43 Å². The van der Waals surface area contributed by atoms with Crippen LogP contribution in [0, 0.1) is 12.8 Å². The highest BCUT2D eigenvalue weighted by atomic mass is 16.2. The summed E-state index contributed by atoms with van der Waals surface area (Å²) in [7, 11) is 0. The topological polar surface area (TPSA) is 41.5 Å². The van der Waals surface area contributed by atoms with Crippen LogP contribution in [0.5, 0.6) is 0 Å². The molecule has 0 radical (unpaired) electrons. The number of benzene rings is 1. The lowest BCUT2D eigenvalue weighted by molar-refractivity contribution is 0.0954. The number of hydrogen-bond acceptors (Lipinski definition) is 2. The van der Waals surface area contributed by atoms with E-state index in [1.54, 1.807) is 0 Å². The number of rotatable bonds is 2. The Labute approximate surface area is 108 Å². The van der Waals surface area contributed by atoms with Crippen LogP contribution in [0.15, 0.2) is 29.4 Å². The predicted molar refractivity (Wildman–Crippen MR) is 73.7 cm³/mol. The predicted octanol–water partition coefficient (Wildman–Crippen LogP) is 3.29. The average molecular weight is 244 g/mol. The summed E-state index contributed by atoms with van der Waals surface area (Å²) in [6, 6.07) is 7.57. The van der Waals surface area contributed by atoms with Gasteiger partial charge in [-0.15, -0.1) is 0 Å². The molecule has 0 bridgehead atoms. The van der Waals surface area contributed by atoms with E-state index in [2.05, 4.69) is 17.5 Å². The van der Waals surface area contributed by atoms with E-state index in [1.807, 2.05) is 31.2 Å². The van der Waals surface area contributed by atoms with E-state index in [-0.39, 0.29) is 5.91 Å². The molecule has 1 aromatic rings. The second-order valence-corrected chi connectivity index (χ2v) is 5.14. The fourth-order valence-electron chi connectivity index (χ4n) is 2.38. The highest BCUT2D eigenvalue weighted by Gasteiger charge is 2.14. The fraction of sp³-hybridized carbons (Fsp3) is 0.467. The zero-order valence-corrected chi connectivity index (χ0v) is 11.1. The third-order valence-electron chi connectivity index (χ3n) is 3.45. The van der Waals surface area contributed by atoms with Gasteiger partial charge in [-0.05, 0) is 50.2 Å². The molecule has 1 aliphatic carbocycles. The van der Waals surface area contributed by atoms with Crippen molar-refractivity contribution in [3.05, 3.63) is 35.4 Å². The molecular weight excluding hydrogens is 224 g/mol. The summed E-state index contributed by atoms with van der Waals surface area (Å²) in [6.45, 7) is 4.17. The lowest BCUT2D eigenvalue weighted by Crippen LogP contribution is -2.22. The van der Waals surface area contributed by atoms with Crippen LogP contribution in [0.2, 0.25) is 0 Å². The Bertz CT molecular complexity index is 465. The van der Waals surface area contributed by atoms with Crippen molar-refractivity contribution in [1.82, 2.24) is 5.43 Å². The van der Waals surface area contributed by atoms with E-state index in [0.29, 0.717) is 11.5 Å². The van der Waals surface area contributed by atoms with E-state index in [4.69, 9.17) is 0 Å². The summed E-state index contributed by atoms with van der Waals surface area (Å²) in [5, 5.41) is 4.27. The van der Waals surface area contributed by atoms with Crippen molar-refractivity contribution < 1.29 is 4.79 Å². The number of amides is 1. The molecule has 1 fully saturated rings. The minimum atomic E-state index is -0.112. The normalized spacial score (nSPS) is 21.9. The Hall–Kier alpha value is -1.64. The van der Waals surface area contributed by atoms with Crippen molar-refractivity contribution in [2.24, 2.45) is 11.0 Å². The second-order valence-electron chi connectivity index (χ2n) is 5.14. The SMILES string of the molecule is Cc1ccccc1C(=O)NN=C1CCCC(C)C1. The maximum atomic E-state index is 12.0. The summed E-state index contributed by atoms with van der Waals surface area (Å²) >= 11 is 0. The van der Waals surface area contributed by atoms with Gasteiger partial charge in [0.05, 0.1) is 0 Å². The first kappa shape index (κ1) is 12.8. The number of hydrogen-bond donors (Lipinski definition) is 1. The summed E-state index contributed by atoms with van der Waals surface area (Å²) in [6.07, 6.45) is 4.47. The Morgan fingerprint density at radius 2 is 2.17 bits per heavy atom. The molecule has 1 unspecified atom stereocenters. The molecule has 0 heterocycles. The second kappa shape index (κ2) is 5.80. The molecule has 3 nitrogen and oxygen atoms in total. The van der Waals surface area contributed by atoms with Gasteiger partial charge in [-0.2, -0.15) is 5.10 Å². The van der Waals surface area contributed by atoms with Gasteiger partial charge in [0.2, 0.25) is 0 Å². The fourth-order valence-corrected chi connectivity index (χ4v) is 2.38. The van der Waals surface area contributed by atoms with Gasteiger partial charge in [0.25, 0.3) is 5.91 Å². The Morgan fingerprint density at radius 1 is 1.39 bits per heavy atom. The van der Waals surface area contributed by atoms with Gasteiger partial charge in [0.15, 0.2) is 0 Å². The molecular formula is C15H20N2O. The molecule has 18 heavy (non-hydrogen) atoms. The molecule has 0 spiro atoms. The minimum absolute atomic E-state index is 0.112. The van der Waals surface area contributed by atoms with Crippen LogP contribution < -0.4 is 5.43 Å².